The van der Waals surface area contributed by atoms with Crippen molar-refractivity contribution in [3.8, 4) is 0 Å². The number of hydrogen-bond acceptors (Lipinski definition) is 6. The zero-order valence-corrected chi connectivity index (χ0v) is 17.3. The van der Waals surface area contributed by atoms with Gasteiger partial charge in [-0.15, -0.1) is 11.3 Å². The summed E-state index contributed by atoms with van der Waals surface area (Å²) in [6, 6.07) is 5.82. The molecule has 0 aliphatic carbocycles. The van der Waals surface area contributed by atoms with Gasteiger partial charge in [0.2, 0.25) is 0 Å². The number of thiophene rings is 1. The maximum atomic E-state index is 12.5. The molecular weight excluding hydrogens is 421 g/mol. The Morgan fingerprint density at radius 2 is 1.90 bits per heavy atom. The molecule has 1 aliphatic heterocycles. The lowest BCUT2D eigenvalue weighted by Crippen LogP contribution is -2.43. The zero-order valence-electron chi connectivity index (χ0n) is 16.5. The minimum Gasteiger partial charge on any atom is -0.475 e. The van der Waals surface area contributed by atoms with E-state index in [0.717, 1.165) is 48.1 Å². The highest BCUT2D eigenvalue weighted by molar-refractivity contribution is 7.12. The minimum atomic E-state index is -5.08. The summed E-state index contributed by atoms with van der Waals surface area (Å²) >= 11 is 1.49. The van der Waals surface area contributed by atoms with Crippen molar-refractivity contribution in [2.45, 2.75) is 25.9 Å². The number of amides is 1. The molecular formula is C19H23F3N4O3S. The molecule has 0 atom stereocenters. The molecule has 1 amide bonds. The lowest BCUT2D eigenvalue weighted by Gasteiger charge is -2.28. The van der Waals surface area contributed by atoms with E-state index < -0.39 is 12.1 Å². The summed E-state index contributed by atoms with van der Waals surface area (Å²) in [5, 5.41) is 15.4. The molecule has 1 saturated heterocycles. The summed E-state index contributed by atoms with van der Waals surface area (Å²) in [5.41, 5.74) is 1.89. The van der Waals surface area contributed by atoms with Gasteiger partial charge in [0.15, 0.2) is 0 Å². The molecule has 0 bridgehead atoms. The highest BCUT2D eigenvalue weighted by atomic mass is 32.1. The topological polar surface area (TPSA) is 94.6 Å². The van der Waals surface area contributed by atoms with Gasteiger partial charge in [0, 0.05) is 44.1 Å². The van der Waals surface area contributed by atoms with Gasteiger partial charge in [0.1, 0.15) is 5.82 Å². The maximum Gasteiger partial charge on any atom is 0.490 e. The standard InChI is InChI=1S/C17H22N4OS.C2HF3O2/c1-12(2)14-4-10-23-16(14)17(22)20-13-3-5-19-15(11-13)21-8-6-18-7-9-21;3-2(4,5)1(6)7/h3-5,10-12,18H,6-9H2,1-2H3,(H,19,20,22);(H,6,7). The Labute approximate surface area is 175 Å². The first-order valence-electron chi connectivity index (χ1n) is 9.20. The highest BCUT2D eigenvalue weighted by Crippen LogP contribution is 2.26. The molecule has 2 aromatic heterocycles. The molecule has 0 aromatic carbocycles. The number of aliphatic carboxylic acids is 1. The minimum absolute atomic E-state index is 0.0406. The fraction of sp³-hybridized carbons (Fsp3) is 0.421. The van der Waals surface area contributed by atoms with Gasteiger partial charge >= 0.3 is 12.1 Å². The van der Waals surface area contributed by atoms with E-state index >= 15 is 0 Å². The number of nitrogens with zero attached hydrogens (tertiary/aromatic N) is 2. The van der Waals surface area contributed by atoms with Gasteiger partial charge in [-0.2, -0.15) is 13.2 Å². The third-order valence-corrected chi connectivity index (χ3v) is 5.14. The summed E-state index contributed by atoms with van der Waals surface area (Å²) < 4.78 is 31.7. The lowest BCUT2D eigenvalue weighted by atomic mass is 10.0. The number of halogens is 3. The third kappa shape index (κ3) is 6.70. The number of pyridine rings is 1. The van der Waals surface area contributed by atoms with E-state index in [4.69, 9.17) is 9.90 Å². The molecule has 164 valence electrons. The molecule has 7 nitrogen and oxygen atoms in total. The Morgan fingerprint density at radius 1 is 1.27 bits per heavy atom. The number of carboxylic acids is 1. The number of rotatable bonds is 4. The summed E-state index contributed by atoms with van der Waals surface area (Å²) in [6.45, 7) is 8.01. The van der Waals surface area contributed by atoms with Crippen LogP contribution in [0.4, 0.5) is 24.7 Å². The van der Waals surface area contributed by atoms with Crippen LogP contribution in [0.3, 0.4) is 0 Å². The number of piperazine rings is 1. The van der Waals surface area contributed by atoms with Crippen molar-refractivity contribution in [2.24, 2.45) is 0 Å². The van der Waals surface area contributed by atoms with Crippen LogP contribution < -0.4 is 15.5 Å². The van der Waals surface area contributed by atoms with Crippen LogP contribution in [0.15, 0.2) is 29.8 Å². The molecule has 3 rings (SSSR count). The van der Waals surface area contributed by atoms with Gasteiger partial charge in [0.05, 0.1) is 4.88 Å². The van der Waals surface area contributed by atoms with Crippen LogP contribution in [-0.4, -0.2) is 54.3 Å². The van der Waals surface area contributed by atoms with E-state index in [9.17, 15) is 18.0 Å². The van der Waals surface area contributed by atoms with Crippen molar-refractivity contribution in [3.63, 3.8) is 0 Å². The van der Waals surface area contributed by atoms with Crippen LogP contribution in [0.1, 0.15) is 35.0 Å². The molecule has 0 saturated carbocycles. The van der Waals surface area contributed by atoms with Gasteiger partial charge in [-0.05, 0) is 29.0 Å². The Bertz CT molecular complexity index is 865. The number of hydrogen-bond donors (Lipinski definition) is 3. The summed E-state index contributed by atoms with van der Waals surface area (Å²) in [7, 11) is 0. The Balaban J connectivity index is 0.000000396. The Hall–Kier alpha value is -2.66. The van der Waals surface area contributed by atoms with Crippen molar-refractivity contribution in [3.05, 3.63) is 40.2 Å². The molecule has 3 heterocycles. The van der Waals surface area contributed by atoms with Gasteiger partial charge < -0.3 is 20.6 Å². The average Bonchev–Trinajstić information content (AvgIpc) is 3.19. The number of anilines is 2. The van der Waals surface area contributed by atoms with Crippen molar-refractivity contribution in [2.75, 3.05) is 36.4 Å². The number of carbonyl (C=O) groups excluding carboxylic acids is 1. The SMILES string of the molecule is CC(C)c1ccsc1C(=O)Nc1ccnc(N2CCNCC2)c1.O=C(O)C(F)(F)F. The van der Waals surface area contributed by atoms with Gasteiger partial charge in [-0.1, -0.05) is 13.8 Å². The predicted molar refractivity (Wildman–Crippen MR) is 109 cm³/mol. The molecule has 11 heteroatoms. The number of carboxylic acid groups (broad SMARTS) is 1. The number of nitrogens with one attached hydrogen (secondary N) is 2. The first-order valence-corrected chi connectivity index (χ1v) is 10.1. The molecule has 0 unspecified atom stereocenters. The third-order valence-electron chi connectivity index (χ3n) is 4.21. The van der Waals surface area contributed by atoms with Gasteiger partial charge in [-0.3, -0.25) is 4.79 Å². The van der Waals surface area contributed by atoms with Crippen LogP contribution in [0.5, 0.6) is 0 Å². The van der Waals surface area contributed by atoms with Crippen LogP contribution in [-0.2, 0) is 4.79 Å². The quantitative estimate of drug-likeness (QED) is 0.668. The molecule has 3 N–H and O–H groups in total. The summed E-state index contributed by atoms with van der Waals surface area (Å²) in [5.74, 6) is -1.54. The molecule has 0 radical (unpaired) electrons. The largest absolute Gasteiger partial charge is 0.490 e. The Morgan fingerprint density at radius 3 is 2.47 bits per heavy atom. The van der Waals surface area contributed by atoms with E-state index in [-0.39, 0.29) is 5.91 Å². The van der Waals surface area contributed by atoms with E-state index in [2.05, 4.69) is 34.4 Å². The summed E-state index contributed by atoms with van der Waals surface area (Å²) in [4.78, 5) is 28.9. The fourth-order valence-corrected chi connectivity index (χ4v) is 3.66. The van der Waals surface area contributed by atoms with Crippen molar-refractivity contribution in [1.82, 2.24) is 10.3 Å². The van der Waals surface area contributed by atoms with Gasteiger partial charge in [0.25, 0.3) is 5.91 Å². The van der Waals surface area contributed by atoms with Gasteiger partial charge in [-0.25, -0.2) is 9.78 Å². The Kier molecular flexibility index (Phi) is 8.18. The van der Waals surface area contributed by atoms with Crippen molar-refractivity contribution in [1.29, 1.82) is 0 Å². The molecule has 1 fully saturated rings. The summed E-state index contributed by atoms with van der Waals surface area (Å²) in [6.07, 6.45) is -3.33. The maximum absolute atomic E-state index is 12.5. The van der Waals surface area contributed by atoms with E-state index in [1.165, 1.54) is 11.3 Å². The van der Waals surface area contributed by atoms with Crippen LogP contribution in [0, 0.1) is 0 Å². The average molecular weight is 444 g/mol. The van der Waals surface area contributed by atoms with Crippen LogP contribution in [0.25, 0.3) is 0 Å². The van der Waals surface area contributed by atoms with E-state index in [1.807, 2.05) is 23.6 Å². The lowest BCUT2D eigenvalue weighted by molar-refractivity contribution is -0.192. The fourth-order valence-electron chi connectivity index (χ4n) is 2.71. The van der Waals surface area contributed by atoms with Crippen LogP contribution in [0.2, 0.25) is 0 Å². The van der Waals surface area contributed by atoms with Crippen molar-refractivity contribution >= 4 is 34.7 Å². The molecule has 1 aliphatic rings. The zero-order chi connectivity index (χ0) is 22.3. The normalized spacial score (nSPS) is 14.1. The molecule has 30 heavy (non-hydrogen) atoms. The first kappa shape index (κ1) is 23.6. The van der Waals surface area contributed by atoms with Crippen LogP contribution >= 0.6 is 11.3 Å². The number of carbonyl (C=O) groups is 2. The first-order chi connectivity index (χ1) is 14.1. The van der Waals surface area contributed by atoms with E-state index in [1.54, 1.807) is 6.20 Å². The molecule has 0 spiro atoms. The number of alkyl halides is 3. The predicted octanol–water partition coefficient (Wildman–Crippen LogP) is 3.56. The molecule has 2 aromatic rings. The number of aromatic nitrogens is 1. The smallest absolute Gasteiger partial charge is 0.475 e. The second kappa shape index (κ2) is 10.4. The van der Waals surface area contributed by atoms with Crippen molar-refractivity contribution < 1.29 is 27.9 Å². The highest BCUT2D eigenvalue weighted by Gasteiger charge is 2.38. The second-order valence-electron chi connectivity index (χ2n) is 6.76. The van der Waals surface area contributed by atoms with E-state index in [0.29, 0.717) is 5.92 Å². The second-order valence-corrected chi connectivity index (χ2v) is 7.67. The monoisotopic (exact) mass is 444 g/mol.